The normalized spacial score (nSPS) is 27.2. The van der Waals surface area contributed by atoms with Crippen LogP contribution in [0.5, 0.6) is 0 Å². The van der Waals surface area contributed by atoms with Crippen LogP contribution in [0.1, 0.15) is 136 Å². The number of rotatable bonds is 19. The van der Waals surface area contributed by atoms with Gasteiger partial charge in [-0.25, -0.2) is 29.3 Å². The zero-order chi connectivity index (χ0) is 64.6. The first-order valence-corrected chi connectivity index (χ1v) is 33.1. The van der Waals surface area contributed by atoms with Gasteiger partial charge in [0, 0.05) is 91.4 Å². The minimum atomic E-state index is -3.43. The van der Waals surface area contributed by atoms with Crippen LogP contribution in [0.15, 0.2) is 47.7 Å². The summed E-state index contributed by atoms with van der Waals surface area (Å²) >= 11 is 0. The number of aromatic amines is 1. The van der Waals surface area contributed by atoms with E-state index in [1.807, 2.05) is 27.5 Å². The summed E-state index contributed by atoms with van der Waals surface area (Å²) in [6.07, 6.45) is 21.3. The zero-order valence-corrected chi connectivity index (χ0v) is 54.4. The number of aryl methyl sites for hydroxylation is 3. The van der Waals surface area contributed by atoms with Gasteiger partial charge in [-0.2, -0.15) is 8.42 Å². The number of H-pyrrole nitrogens is 1. The summed E-state index contributed by atoms with van der Waals surface area (Å²) < 4.78 is 55.7. The second kappa shape index (κ2) is 26.4. The Morgan fingerprint density at radius 1 is 0.494 bits per heavy atom. The van der Waals surface area contributed by atoms with Crippen LogP contribution in [0, 0.1) is 34.0 Å². The van der Waals surface area contributed by atoms with E-state index in [-0.39, 0.29) is 50.9 Å². The Kier molecular flexibility index (Phi) is 20.0. The highest BCUT2D eigenvalue weighted by molar-refractivity contribution is 7.86. The minimum absolute atomic E-state index is 0.135. The highest BCUT2D eigenvalue weighted by Crippen LogP contribution is 2.44. The maximum Gasteiger partial charge on any atom is 0.332 e. The fourth-order valence-electron chi connectivity index (χ4n) is 13.1. The van der Waals surface area contributed by atoms with Gasteiger partial charge in [0.1, 0.15) is 0 Å². The summed E-state index contributed by atoms with van der Waals surface area (Å²) in [5.41, 5.74) is -2.16. The molecule has 6 heterocycles. The molecule has 494 valence electrons. The van der Waals surface area contributed by atoms with Crippen molar-refractivity contribution in [1.29, 1.82) is 0 Å². The molecule has 28 heteroatoms. The zero-order valence-electron chi connectivity index (χ0n) is 53.6. The average Bonchev–Trinajstić information content (AvgIpc) is 1.52. The summed E-state index contributed by atoms with van der Waals surface area (Å²) in [6, 6.07) is 0. The topological polar surface area (TPSA) is 328 Å². The van der Waals surface area contributed by atoms with Crippen molar-refractivity contribution in [3.8, 4) is 0 Å². The molecule has 4 N–H and O–H groups in total. The van der Waals surface area contributed by atoms with Crippen molar-refractivity contribution in [3.05, 3.63) is 81.5 Å². The number of hydrogen-bond acceptors (Lipinski definition) is 18. The van der Waals surface area contributed by atoms with Crippen LogP contribution >= 0.6 is 0 Å². The molecule has 89 heavy (non-hydrogen) atoms. The van der Waals surface area contributed by atoms with Crippen molar-refractivity contribution >= 4 is 43.6 Å². The van der Waals surface area contributed by atoms with Gasteiger partial charge < -0.3 is 43.2 Å². The molecule has 6 aromatic rings. The number of fused-ring (bicyclic) bond motifs is 3. The molecule has 0 unspecified atom stereocenters. The number of nitrogens with zero attached hydrogens (tertiary/aromatic N) is 11. The van der Waals surface area contributed by atoms with Crippen LogP contribution in [0.3, 0.4) is 0 Å². The Balaban J connectivity index is 0.000000145. The summed E-state index contributed by atoms with van der Waals surface area (Å²) in [6.45, 7) is 9.96. The third-order valence-electron chi connectivity index (χ3n) is 19.6. The van der Waals surface area contributed by atoms with Gasteiger partial charge >= 0.3 is 17.1 Å². The molecular formula is C61H94N12O15S. The molecule has 6 aliphatic rings. The summed E-state index contributed by atoms with van der Waals surface area (Å²) in [5.74, 6) is 1.86. The molecule has 6 aliphatic carbocycles. The number of aliphatic hydroxyl groups is 3. The second-order valence-corrected chi connectivity index (χ2v) is 29.7. The Morgan fingerprint density at radius 3 is 1.13 bits per heavy atom. The van der Waals surface area contributed by atoms with Gasteiger partial charge in [-0.15, -0.1) is 0 Å². The fraction of sp³-hybridized carbons (Fsp3) is 0.754. The Morgan fingerprint density at radius 2 is 0.809 bits per heavy atom. The quantitative estimate of drug-likeness (QED) is 0.0846. The van der Waals surface area contributed by atoms with E-state index in [1.54, 1.807) is 68.4 Å². The standard InChI is InChI=1S/2C20H30N4O4.C11H22O5S.C10H12N4O2/c2*1-19(27)6-8-20(9-7-19,12-28-3)11-24-17(25)15-16(22(2)18(24)26)21-13-23(15)10-14-4-5-14;1-10(12)4-6-11(7-5-10,8-15-2)9-16-17(3,13)14;1-13-8-7(9(15)12-10(13)16)14(5-11-8)4-6-2-3-6/h2*13-14,27H,4-12H2,1-3H3;12H,4-9H2,1-3H3;5-6H,2-4H2,1H3,(H,12,15,16). The van der Waals surface area contributed by atoms with Crippen molar-refractivity contribution < 1.29 is 42.1 Å². The van der Waals surface area contributed by atoms with Gasteiger partial charge in [-0.05, 0) is 154 Å². The molecule has 0 bridgehead atoms. The summed E-state index contributed by atoms with van der Waals surface area (Å²) in [7, 11) is 6.40. The van der Waals surface area contributed by atoms with Crippen molar-refractivity contribution in [1.82, 2.24) is 56.5 Å². The van der Waals surface area contributed by atoms with Gasteiger partial charge in [0.25, 0.3) is 26.8 Å². The van der Waals surface area contributed by atoms with Crippen LogP contribution in [-0.2, 0) is 82.4 Å². The van der Waals surface area contributed by atoms with E-state index >= 15 is 0 Å². The van der Waals surface area contributed by atoms with Crippen LogP contribution < -0.4 is 33.7 Å². The van der Waals surface area contributed by atoms with Crippen LogP contribution in [-0.4, -0.2) is 151 Å². The van der Waals surface area contributed by atoms with Crippen LogP contribution in [0.25, 0.3) is 33.5 Å². The first-order valence-electron chi connectivity index (χ1n) is 31.3. The highest BCUT2D eigenvalue weighted by Gasteiger charge is 2.44. The van der Waals surface area contributed by atoms with Crippen molar-refractivity contribution in [2.75, 3.05) is 54.0 Å². The van der Waals surface area contributed by atoms with Gasteiger partial charge in [-0.1, -0.05) is 0 Å². The third kappa shape index (κ3) is 16.1. The number of hydrogen-bond donors (Lipinski definition) is 4. The van der Waals surface area contributed by atoms with E-state index in [9.17, 15) is 52.5 Å². The maximum atomic E-state index is 13.3. The molecule has 0 spiro atoms. The first kappa shape index (κ1) is 67.5. The van der Waals surface area contributed by atoms with E-state index in [2.05, 4.69) is 19.9 Å². The lowest BCUT2D eigenvalue weighted by atomic mass is 9.69. The lowest BCUT2D eigenvalue weighted by molar-refractivity contribution is -0.0591. The van der Waals surface area contributed by atoms with Crippen molar-refractivity contribution in [3.63, 3.8) is 0 Å². The van der Waals surface area contributed by atoms with Gasteiger partial charge in [0.2, 0.25) is 0 Å². The second-order valence-electron chi connectivity index (χ2n) is 28.1. The van der Waals surface area contributed by atoms with E-state index < -0.39 is 32.6 Å². The predicted molar refractivity (Wildman–Crippen MR) is 333 cm³/mol. The Labute approximate surface area is 516 Å². The SMILES string of the molecule is COCC1(COS(C)(=O)=O)CCC(C)(O)CC1.COCC1(Cn2c(=O)c3c(ncn3CC3CC3)n(C)c2=O)CCC(C)(O)CC1.COCC1(Cn2c(=O)c3c(ncn3CC3CC3)n(C)c2=O)CCC(C)(O)CC1.Cn1c(=O)[nH]c(=O)c2c1ncn2CC1CC1. The predicted octanol–water partition coefficient (Wildman–Crippen LogP) is 3.28. The average molecular weight is 1270 g/mol. The molecule has 0 aromatic carbocycles. The van der Waals surface area contributed by atoms with E-state index in [1.165, 1.54) is 61.4 Å². The first-order chi connectivity index (χ1) is 41.8. The number of imidazole rings is 3. The molecule has 27 nitrogen and oxygen atoms in total. The van der Waals surface area contributed by atoms with Gasteiger partial charge in [0.15, 0.2) is 33.5 Å². The van der Waals surface area contributed by atoms with E-state index in [0.29, 0.717) is 161 Å². The molecule has 0 radical (unpaired) electrons. The third-order valence-corrected chi connectivity index (χ3v) is 20.2. The molecule has 6 aromatic heterocycles. The maximum absolute atomic E-state index is 13.3. The molecule has 0 aliphatic heterocycles. The largest absolute Gasteiger partial charge is 0.390 e. The molecule has 0 atom stereocenters. The molecule has 12 rings (SSSR count). The number of aromatic nitrogens is 12. The molecule has 6 fully saturated rings. The lowest BCUT2D eigenvalue weighted by Gasteiger charge is -2.42. The minimum Gasteiger partial charge on any atom is -0.390 e. The number of methoxy groups -OCH3 is 3. The van der Waals surface area contributed by atoms with E-state index in [0.717, 1.165) is 25.9 Å². The lowest BCUT2D eigenvalue weighted by Crippen LogP contribution is -2.48. The number of ether oxygens (including phenoxy) is 3. The van der Waals surface area contributed by atoms with Gasteiger partial charge in [0.05, 0.1) is 68.5 Å². The van der Waals surface area contributed by atoms with Crippen LogP contribution in [0.2, 0.25) is 0 Å². The molecule has 0 amide bonds. The Hall–Kier alpha value is -5.88. The molecular weight excluding hydrogens is 1170 g/mol. The monoisotopic (exact) mass is 1270 g/mol. The van der Waals surface area contributed by atoms with E-state index in [4.69, 9.17) is 18.4 Å². The highest BCUT2D eigenvalue weighted by atomic mass is 32.2. The summed E-state index contributed by atoms with van der Waals surface area (Å²) in [5, 5.41) is 30.6. The van der Waals surface area contributed by atoms with Crippen molar-refractivity contribution in [2.45, 2.75) is 186 Å². The summed E-state index contributed by atoms with van der Waals surface area (Å²) in [4.78, 5) is 90.8. The van der Waals surface area contributed by atoms with Crippen LogP contribution in [0.4, 0.5) is 0 Å². The fourth-order valence-corrected chi connectivity index (χ4v) is 13.5. The molecule has 6 saturated carbocycles. The Bertz CT molecular complexity index is 3800. The smallest absolute Gasteiger partial charge is 0.332 e. The van der Waals surface area contributed by atoms with Gasteiger partial charge in [-0.3, -0.25) is 46.4 Å². The number of nitrogens with one attached hydrogen (secondary N) is 1. The van der Waals surface area contributed by atoms with Crippen molar-refractivity contribution in [2.24, 2.45) is 55.1 Å². The molecule has 0 saturated heterocycles.